The van der Waals surface area contributed by atoms with Crippen molar-refractivity contribution in [3.8, 4) is 11.3 Å². The summed E-state index contributed by atoms with van der Waals surface area (Å²) in [5, 5.41) is 1.81. The first-order valence-corrected chi connectivity index (χ1v) is 11.8. The summed E-state index contributed by atoms with van der Waals surface area (Å²) in [4.78, 5) is 6.48. The predicted molar refractivity (Wildman–Crippen MR) is 111 cm³/mol. The Morgan fingerprint density at radius 1 is 1.00 bits per heavy atom. The summed E-state index contributed by atoms with van der Waals surface area (Å²) < 4.78 is 66.5. The number of benzene rings is 2. The normalized spacial score (nSPS) is 15.5. The maximum Gasteiger partial charge on any atom is 0.185 e. The van der Waals surface area contributed by atoms with Crippen LogP contribution in [0.15, 0.2) is 46.7 Å². The first-order valence-electron chi connectivity index (χ1n) is 9.41. The molecule has 1 aliphatic heterocycles. The Bertz CT molecular complexity index is 1170. The van der Waals surface area contributed by atoms with Crippen molar-refractivity contribution in [2.45, 2.75) is 29.9 Å². The molecule has 1 saturated heterocycles. The number of nitrogens with zero attached hydrogens (tertiary/aromatic N) is 2. The summed E-state index contributed by atoms with van der Waals surface area (Å²) in [5.74, 6) is -1.91. The van der Waals surface area contributed by atoms with Crippen molar-refractivity contribution in [2.75, 3.05) is 18.0 Å². The van der Waals surface area contributed by atoms with E-state index in [0.717, 1.165) is 12.1 Å². The Morgan fingerprint density at radius 2 is 1.67 bits per heavy atom. The maximum atomic E-state index is 13.6. The van der Waals surface area contributed by atoms with Crippen molar-refractivity contribution in [2.24, 2.45) is 0 Å². The fourth-order valence-electron chi connectivity index (χ4n) is 3.66. The van der Waals surface area contributed by atoms with Crippen LogP contribution in [0.1, 0.15) is 18.4 Å². The molecule has 4 rings (SSSR count). The number of sulfone groups is 1. The molecule has 1 aromatic heterocycles. The van der Waals surface area contributed by atoms with E-state index in [1.165, 1.54) is 35.6 Å². The van der Waals surface area contributed by atoms with E-state index in [-0.39, 0.29) is 4.90 Å². The van der Waals surface area contributed by atoms with E-state index >= 15 is 0 Å². The molecule has 1 fully saturated rings. The van der Waals surface area contributed by atoms with Crippen LogP contribution in [0.25, 0.3) is 11.3 Å². The van der Waals surface area contributed by atoms with Gasteiger partial charge in [0.05, 0.1) is 15.8 Å². The minimum atomic E-state index is -3.64. The van der Waals surface area contributed by atoms with Crippen LogP contribution < -0.4 is 4.90 Å². The quantitative estimate of drug-likeness (QED) is 0.560. The lowest BCUT2D eigenvalue weighted by Crippen LogP contribution is -2.39. The average Bonchev–Trinajstić information content (AvgIpc) is 3.19. The fourth-order valence-corrected chi connectivity index (χ4v) is 6.53. The number of thiazole rings is 1. The van der Waals surface area contributed by atoms with Gasteiger partial charge >= 0.3 is 0 Å². The van der Waals surface area contributed by atoms with Crippen molar-refractivity contribution in [3.63, 3.8) is 0 Å². The number of piperidine rings is 1. The average molecular weight is 453 g/mol. The van der Waals surface area contributed by atoms with Gasteiger partial charge in [0.1, 0.15) is 17.5 Å². The van der Waals surface area contributed by atoms with Gasteiger partial charge in [0.15, 0.2) is 15.0 Å². The Labute approximate surface area is 176 Å². The summed E-state index contributed by atoms with van der Waals surface area (Å²) in [6.07, 6.45) is 0.781. The van der Waals surface area contributed by atoms with Crippen LogP contribution in [-0.4, -0.2) is 31.7 Å². The molecular formula is C21H19F3N2O2S2. The zero-order valence-corrected chi connectivity index (χ0v) is 17.7. The summed E-state index contributed by atoms with van der Waals surface area (Å²) in [7, 11) is -3.64. The molecule has 3 aromatic rings. The molecule has 1 aliphatic rings. The van der Waals surface area contributed by atoms with Crippen LogP contribution in [0.2, 0.25) is 0 Å². The largest absolute Gasteiger partial charge is 0.348 e. The number of anilines is 1. The minimum absolute atomic E-state index is 0.0469. The molecule has 2 heterocycles. The molecule has 0 amide bonds. The van der Waals surface area contributed by atoms with Crippen molar-refractivity contribution in [3.05, 3.63) is 64.8 Å². The Hall–Kier alpha value is -2.39. The number of hydrogen-bond acceptors (Lipinski definition) is 5. The molecule has 4 nitrogen and oxygen atoms in total. The van der Waals surface area contributed by atoms with E-state index in [1.807, 2.05) is 4.90 Å². The van der Waals surface area contributed by atoms with Gasteiger partial charge in [0, 0.05) is 30.1 Å². The molecule has 30 heavy (non-hydrogen) atoms. The SMILES string of the molecule is Cc1ccc(F)cc1S(=O)(=O)C1CCN(c2nc(-c3cc(F)cc(F)c3)cs2)CC1. The molecule has 0 unspecified atom stereocenters. The molecule has 2 aromatic carbocycles. The maximum absolute atomic E-state index is 13.6. The van der Waals surface area contributed by atoms with Gasteiger partial charge in [-0.3, -0.25) is 0 Å². The lowest BCUT2D eigenvalue weighted by molar-refractivity contribution is 0.528. The third kappa shape index (κ3) is 4.09. The van der Waals surface area contributed by atoms with E-state index in [1.54, 1.807) is 12.3 Å². The molecule has 0 N–H and O–H groups in total. The standard InChI is InChI=1S/C21H19F3N2O2S2/c1-13-2-3-15(22)11-20(13)30(27,28)18-4-6-26(7-5-18)21-25-19(12-29-21)14-8-16(23)10-17(24)9-14/h2-3,8-12,18H,4-7H2,1H3. The molecule has 0 spiro atoms. The topological polar surface area (TPSA) is 50.3 Å². The first-order chi connectivity index (χ1) is 14.2. The number of aryl methyl sites for hydroxylation is 1. The van der Waals surface area contributed by atoms with E-state index in [0.29, 0.717) is 47.9 Å². The van der Waals surface area contributed by atoms with E-state index in [2.05, 4.69) is 4.98 Å². The Kier molecular flexibility index (Phi) is 5.59. The number of halogens is 3. The van der Waals surface area contributed by atoms with Crippen molar-refractivity contribution in [1.82, 2.24) is 4.98 Å². The predicted octanol–water partition coefficient (Wildman–Crippen LogP) is 4.98. The van der Waals surface area contributed by atoms with Gasteiger partial charge in [-0.2, -0.15) is 0 Å². The van der Waals surface area contributed by atoms with Crippen LogP contribution >= 0.6 is 11.3 Å². The molecular weight excluding hydrogens is 433 g/mol. The Morgan fingerprint density at radius 3 is 2.33 bits per heavy atom. The van der Waals surface area contributed by atoms with Crippen molar-refractivity contribution in [1.29, 1.82) is 0 Å². The van der Waals surface area contributed by atoms with Crippen LogP contribution in [0, 0.1) is 24.4 Å². The van der Waals surface area contributed by atoms with Gasteiger partial charge in [-0.05, 0) is 49.6 Å². The minimum Gasteiger partial charge on any atom is -0.348 e. The van der Waals surface area contributed by atoms with Crippen LogP contribution in [0.4, 0.5) is 18.3 Å². The van der Waals surface area contributed by atoms with Crippen molar-refractivity contribution < 1.29 is 21.6 Å². The molecule has 0 atom stereocenters. The van der Waals surface area contributed by atoms with Crippen LogP contribution in [0.3, 0.4) is 0 Å². The lowest BCUT2D eigenvalue weighted by atomic mass is 10.1. The van der Waals surface area contributed by atoms with E-state index < -0.39 is 32.5 Å². The molecule has 0 saturated carbocycles. The van der Waals surface area contributed by atoms with E-state index in [4.69, 9.17) is 0 Å². The summed E-state index contributed by atoms with van der Waals surface area (Å²) in [5.41, 5.74) is 1.36. The van der Waals surface area contributed by atoms with Crippen LogP contribution in [-0.2, 0) is 9.84 Å². The second kappa shape index (κ2) is 8.03. The number of hydrogen-bond donors (Lipinski definition) is 0. The van der Waals surface area contributed by atoms with Crippen molar-refractivity contribution >= 4 is 26.3 Å². The Balaban J connectivity index is 1.49. The first kappa shape index (κ1) is 20.9. The van der Waals surface area contributed by atoms with E-state index in [9.17, 15) is 21.6 Å². The van der Waals surface area contributed by atoms with Gasteiger partial charge < -0.3 is 4.90 Å². The number of rotatable bonds is 4. The zero-order valence-electron chi connectivity index (χ0n) is 16.1. The fraction of sp³-hybridized carbons (Fsp3) is 0.286. The lowest BCUT2D eigenvalue weighted by Gasteiger charge is -2.31. The monoisotopic (exact) mass is 452 g/mol. The van der Waals surface area contributed by atoms with Gasteiger partial charge in [-0.1, -0.05) is 6.07 Å². The van der Waals surface area contributed by atoms with Gasteiger partial charge in [-0.25, -0.2) is 26.6 Å². The zero-order chi connectivity index (χ0) is 21.5. The van der Waals surface area contributed by atoms with Crippen LogP contribution in [0.5, 0.6) is 0 Å². The highest BCUT2D eigenvalue weighted by atomic mass is 32.2. The smallest absolute Gasteiger partial charge is 0.185 e. The number of aromatic nitrogens is 1. The highest BCUT2D eigenvalue weighted by molar-refractivity contribution is 7.92. The molecule has 9 heteroatoms. The third-order valence-corrected chi connectivity index (χ3v) is 8.56. The van der Waals surface area contributed by atoms with Gasteiger partial charge in [0.25, 0.3) is 0 Å². The highest BCUT2D eigenvalue weighted by Gasteiger charge is 2.33. The second-order valence-electron chi connectivity index (χ2n) is 7.31. The molecule has 0 radical (unpaired) electrons. The van der Waals surface area contributed by atoms with Gasteiger partial charge in [-0.15, -0.1) is 11.3 Å². The molecule has 158 valence electrons. The second-order valence-corrected chi connectivity index (χ2v) is 10.3. The summed E-state index contributed by atoms with van der Waals surface area (Å²) >= 11 is 1.34. The molecule has 0 bridgehead atoms. The molecule has 0 aliphatic carbocycles. The third-order valence-electron chi connectivity index (χ3n) is 5.26. The summed E-state index contributed by atoms with van der Waals surface area (Å²) in [6.45, 7) is 2.61. The summed E-state index contributed by atoms with van der Waals surface area (Å²) in [6, 6.07) is 7.07. The highest BCUT2D eigenvalue weighted by Crippen LogP contribution is 2.33. The van der Waals surface area contributed by atoms with Gasteiger partial charge in [0.2, 0.25) is 0 Å².